The van der Waals surface area contributed by atoms with Gasteiger partial charge in [-0.3, -0.25) is 4.79 Å². The predicted octanol–water partition coefficient (Wildman–Crippen LogP) is 3.56. The van der Waals surface area contributed by atoms with Gasteiger partial charge in [-0.2, -0.15) is 0 Å². The van der Waals surface area contributed by atoms with E-state index in [0.717, 1.165) is 31.2 Å². The van der Waals surface area contributed by atoms with E-state index in [2.05, 4.69) is 0 Å². The van der Waals surface area contributed by atoms with Gasteiger partial charge in [-0.05, 0) is 36.5 Å². The summed E-state index contributed by atoms with van der Waals surface area (Å²) in [4.78, 5) is 13.8. The van der Waals surface area contributed by atoms with E-state index in [9.17, 15) is 14.3 Å². The van der Waals surface area contributed by atoms with Gasteiger partial charge >= 0.3 is 0 Å². The smallest absolute Gasteiger partial charge is 0.250 e. The van der Waals surface area contributed by atoms with Crippen LogP contribution in [0.5, 0.6) is 0 Å². The topological polar surface area (TPSA) is 40.5 Å². The molecular weight excluding hydrogens is 269 g/mol. The average molecular weight is 289 g/mol. The fourth-order valence-corrected chi connectivity index (χ4v) is 3.50. The summed E-state index contributed by atoms with van der Waals surface area (Å²) in [5, 5.41) is 10.1. The maximum Gasteiger partial charge on any atom is 0.250 e. The summed E-state index contributed by atoms with van der Waals surface area (Å²) in [6.07, 6.45) is 6.99. The van der Waals surface area contributed by atoms with E-state index in [1.54, 1.807) is 17.0 Å². The number of aliphatic hydroxyl groups is 1. The van der Waals surface area contributed by atoms with Crippen molar-refractivity contribution in [3.8, 4) is 0 Å². The summed E-state index contributed by atoms with van der Waals surface area (Å²) in [7, 11) is 0. The molecule has 1 N–H and O–H groups in total. The van der Waals surface area contributed by atoms with Gasteiger partial charge in [0.1, 0.15) is 11.6 Å². The Bertz CT molecular complexity index is 546. The Morgan fingerprint density at radius 1 is 1.14 bits per heavy atom. The fourth-order valence-electron chi connectivity index (χ4n) is 3.50. The Morgan fingerprint density at radius 3 is 2.48 bits per heavy atom. The highest BCUT2D eigenvalue weighted by Crippen LogP contribution is 2.35. The molecule has 1 amide bonds. The van der Waals surface area contributed by atoms with Gasteiger partial charge in [0.05, 0.1) is 6.04 Å². The first-order chi connectivity index (χ1) is 10.1. The first kappa shape index (κ1) is 14.1. The Morgan fingerprint density at radius 2 is 1.81 bits per heavy atom. The van der Waals surface area contributed by atoms with Crippen molar-refractivity contribution in [2.24, 2.45) is 5.92 Å². The van der Waals surface area contributed by atoms with E-state index >= 15 is 0 Å². The summed E-state index contributed by atoms with van der Waals surface area (Å²) >= 11 is 0. The standard InChI is InChI=1S/C17H20FNO2/c18-14-8-6-12(7-9-14)11-19-16(21)10-15(20)17(19)13-4-2-1-3-5-13/h6-10,13,17,20H,1-5,11H2. The molecule has 3 nitrogen and oxygen atoms in total. The Kier molecular flexibility index (Phi) is 3.95. The minimum absolute atomic E-state index is 0.146. The van der Waals surface area contributed by atoms with Crippen molar-refractivity contribution in [2.45, 2.75) is 44.7 Å². The second-order valence-corrected chi connectivity index (χ2v) is 6.00. The molecule has 0 aromatic heterocycles. The normalized spacial score (nSPS) is 23.5. The van der Waals surface area contributed by atoms with Crippen LogP contribution in [-0.4, -0.2) is 22.0 Å². The largest absolute Gasteiger partial charge is 0.510 e. The predicted molar refractivity (Wildman–Crippen MR) is 78.0 cm³/mol. The summed E-state index contributed by atoms with van der Waals surface area (Å²) in [5.41, 5.74) is 0.883. The molecule has 1 aromatic rings. The van der Waals surface area contributed by atoms with Gasteiger partial charge in [0.15, 0.2) is 0 Å². The summed E-state index contributed by atoms with van der Waals surface area (Å²) in [6.45, 7) is 0.417. The minimum atomic E-state index is -0.281. The third kappa shape index (κ3) is 2.94. The first-order valence-corrected chi connectivity index (χ1v) is 7.61. The fraction of sp³-hybridized carbons (Fsp3) is 0.471. The Balaban J connectivity index is 1.78. The molecule has 4 heteroatoms. The number of hydrogen-bond acceptors (Lipinski definition) is 2. The SMILES string of the molecule is O=C1C=C(O)C(C2CCCCC2)N1Cc1ccc(F)cc1. The van der Waals surface area contributed by atoms with Crippen LogP contribution in [0.1, 0.15) is 37.7 Å². The van der Waals surface area contributed by atoms with Crippen molar-refractivity contribution in [1.82, 2.24) is 4.90 Å². The zero-order valence-corrected chi connectivity index (χ0v) is 12.0. The molecule has 112 valence electrons. The molecule has 1 heterocycles. The molecule has 21 heavy (non-hydrogen) atoms. The van der Waals surface area contributed by atoms with Crippen molar-refractivity contribution >= 4 is 5.91 Å². The molecule has 1 aliphatic carbocycles. The molecule has 0 spiro atoms. The maximum atomic E-state index is 13.0. The molecule has 0 saturated heterocycles. The van der Waals surface area contributed by atoms with Crippen LogP contribution in [0.15, 0.2) is 36.1 Å². The molecule has 1 aromatic carbocycles. The number of rotatable bonds is 3. The van der Waals surface area contributed by atoms with Crippen LogP contribution >= 0.6 is 0 Å². The van der Waals surface area contributed by atoms with Gasteiger partial charge in [-0.1, -0.05) is 31.4 Å². The quantitative estimate of drug-likeness (QED) is 0.924. The number of benzene rings is 1. The van der Waals surface area contributed by atoms with Gasteiger partial charge in [0.2, 0.25) is 0 Å². The number of amides is 1. The highest BCUT2D eigenvalue weighted by Gasteiger charge is 2.38. The molecular formula is C17H20FNO2. The number of halogens is 1. The third-order valence-electron chi connectivity index (χ3n) is 4.56. The van der Waals surface area contributed by atoms with Crippen molar-refractivity contribution < 1.29 is 14.3 Å². The Hall–Kier alpha value is -1.84. The third-order valence-corrected chi connectivity index (χ3v) is 4.56. The summed E-state index contributed by atoms with van der Waals surface area (Å²) < 4.78 is 13.0. The van der Waals surface area contributed by atoms with Crippen molar-refractivity contribution in [2.75, 3.05) is 0 Å². The van der Waals surface area contributed by atoms with Crippen LogP contribution in [0.3, 0.4) is 0 Å². The van der Waals surface area contributed by atoms with E-state index in [-0.39, 0.29) is 23.5 Å². The zero-order chi connectivity index (χ0) is 14.8. The number of carbonyl (C=O) groups is 1. The van der Waals surface area contributed by atoms with Crippen molar-refractivity contribution in [3.05, 3.63) is 47.5 Å². The molecule has 1 aliphatic heterocycles. The molecule has 2 aliphatic rings. The van der Waals surface area contributed by atoms with Crippen LogP contribution in [0, 0.1) is 11.7 Å². The molecule has 1 fully saturated rings. The first-order valence-electron chi connectivity index (χ1n) is 7.61. The highest BCUT2D eigenvalue weighted by atomic mass is 19.1. The van der Waals surface area contributed by atoms with Crippen molar-refractivity contribution in [1.29, 1.82) is 0 Å². The lowest BCUT2D eigenvalue weighted by atomic mass is 9.83. The molecule has 0 bridgehead atoms. The van der Waals surface area contributed by atoms with Crippen LogP contribution in [-0.2, 0) is 11.3 Å². The van der Waals surface area contributed by atoms with Gasteiger partial charge in [0.25, 0.3) is 5.91 Å². The average Bonchev–Trinajstić information content (AvgIpc) is 2.76. The van der Waals surface area contributed by atoms with Crippen LogP contribution in [0.2, 0.25) is 0 Å². The highest BCUT2D eigenvalue weighted by molar-refractivity contribution is 5.91. The van der Waals surface area contributed by atoms with Gasteiger partial charge in [-0.25, -0.2) is 4.39 Å². The van der Waals surface area contributed by atoms with Gasteiger partial charge < -0.3 is 10.0 Å². The molecule has 0 radical (unpaired) electrons. The maximum absolute atomic E-state index is 13.0. The van der Waals surface area contributed by atoms with Crippen molar-refractivity contribution in [3.63, 3.8) is 0 Å². The number of aliphatic hydroxyl groups excluding tert-OH is 1. The molecule has 3 rings (SSSR count). The summed E-state index contributed by atoms with van der Waals surface area (Å²) in [5.74, 6) is 0.0969. The number of nitrogens with zero attached hydrogens (tertiary/aromatic N) is 1. The van der Waals surface area contributed by atoms with Gasteiger partial charge in [0, 0.05) is 12.6 Å². The summed E-state index contributed by atoms with van der Waals surface area (Å²) in [6, 6.07) is 5.98. The van der Waals surface area contributed by atoms with Crippen LogP contribution in [0.4, 0.5) is 4.39 Å². The number of hydrogen-bond donors (Lipinski definition) is 1. The van der Waals surface area contributed by atoms with Crippen LogP contribution in [0.25, 0.3) is 0 Å². The van der Waals surface area contributed by atoms with Gasteiger partial charge in [-0.15, -0.1) is 0 Å². The monoisotopic (exact) mass is 289 g/mol. The van der Waals surface area contributed by atoms with E-state index in [0.29, 0.717) is 12.5 Å². The van der Waals surface area contributed by atoms with E-state index in [1.165, 1.54) is 24.6 Å². The minimum Gasteiger partial charge on any atom is -0.510 e. The second kappa shape index (κ2) is 5.88. The van der Waals surface area contributed by atoms with E-state index < -0.39 is 0 Å². The molecule has 1 saturated carbocycles. The molecule has 1 unspecified atom stereocenters. The van der Waals surface area contributed by atoms with E-state index in [4.69, 9.17) is 0 Å². The second-order valence-electron chi connectivity index (χ2n) is 6.00. The lowest BCUT2D eigenvalue weighted by molar-refractivity contribution is -0.128. The lowest BCUT2D eigenvalue weighted by Gasteiger charge is -2.34. The Labute approximate surface area is 124 Å². The number of carbonyl (C=O) groups excluding carboxylic acids is 1. The van der Waals surface area contributed by atoms with Crippen LogP contribution < -0.4 is 0 Å². The zero-order valence-electron chi connectivity index (χ0n) is 12.0. The molecule has 1 atom stereocenters. The lowest BCUT2D eigenvalue weighted by Crippen LogP contribution is -2.40. The van der Waals surface area contributed by atoms with E-state index in [1.807, 2.05) is 0 Å².